The zero-order valence-electron chi connectivity index (χ0n) is 12.9. The molecule has 0 saturated heterocycles. The van der Waals surface area contributed by atoms with E-state index >= 15 is 0 Å². The normalized spacial score (nSPS) is 10.3. The van der Waals surface area contributed by atoms with Crippen LogP contribution in [0.5, 0.6) is 0 Å². The second kappa shape index (κ2) is 8.79. The third-order valence-electron chi connectivity index (χ3n) is 3.04. The smallest absolute Gasteiger partial charge is 0.229 e. The first-order valence-electron chi connectivity index (χ1n) is 7.28. The molecule has 0 aliphatic heterocycles. The molecule has 122 valence electrons. The molecule has 1 aromatic heterocycles. The Labute approximate surface area is 134 Å². The molecule has 0 aliphatic carbocycles. The monoisotopic (exact) mass is 318 g/mol. The number of carbonyl (C=O) groups excluding carboxylic acids is 1. The van der Waals surface area contributed by atoms with Crippen LogP contribution >= 0.6 is 0 Å². The Morgan fingerprint density at radius 3 is 2.48 bits per heavy atom. The lowest BCUT2D eigenvalue weighted by molar-refractivity contribution is -0.115. The highest BCUT2D eigenvalue weighted by Crippen LogP contribution is 2.08. The quantitative estimate of drug-likeness (QED) is 0.730. The summed E-state index contributed by atoms with van der Waals surface area (Å²) in [7, 11) is 1.66. The Bertz CT molecular complexity index is 617. The van der Waals surface area contributed by atoms with Crippen LogP contribution in [0, 0.1) is 5.82 Å². The van der Waals surface area contributed by atoms with Crippen molar-refractivity contribution < 1.29 is 13.9 Å². The SMILES string of the molecule is COCCCNc1ccc(NC(=O)Cc2ccc(F)cc2)nn1. The Morgan fingerprint density at radius 1 is 1.13 bits per heavy atom. The zero-order chi connectivity index (χ0) is 16.5. The largest absolute Gasteiger partial charge is 0.385 e. The lowest BCUT2D eigenvalue weighted by Gasteiger charge is -2.06. The van der Waals surface area contributed by atoms with E-state index in [0.717, 1.165) is 18.5 Å². The maximum atomic E-state index is 12.8. The van der Waals surface area contributed by atoms with Crippen molar-refractivity contribution in [1.82, 2.24) is 10.2 Å². The zero-order valence-corrected chi connectivity index (χ0v) is 12.9. The van der Waals surface area contributed by atoms with E-state index in [0.29, 0.717) is 18.2 Å². The average molecular weight is 318 g/mol. The van der Waals surface area contributed by atoms with Crippen molar-refractivity contribution in [3.63, 3.8) is 0 Å². The van der Waals surface area contributed by atoms with E-state index in [1.165, 1.54) is 12.1 Å². The van der Waals surface area contributed by atoms with Crippen LogP contribution in [-0.4, -0.2) is 36.4 Å². The second-order valence-corrected chi connectivity index (χ2v) is 4.93. The molecule has 2 aromatic rings. The molecule has 0 saturated carbocycles. The minimum atomic E-state index is -0.325. The van der Waals surface area contributed by atoms with Gasteiger partial charge >= 0.3 is 0 Å². The van der Waals surface area contributed by atoms with Crippen molar-refractivity contribution in [3.05, 3.63) is 47.8 Å². The number of nitrogens with one attached hydrogen (secondary N) is 2. The number of anilines is 2. The number of hydrogen-bond donors (Lipinski definition) is 2. The highest BCUT2D eigenvalue weighted by atomic mass is 19.1. The fourth-order valence-corrected chi connectivity index (χ4v) is 1.90. The van der Waals surface area contributed by atoms with Crippen LogP contribution in [0.3, 0.4) is 0 Å². The maximum absolute atomic E-state index is 12.8. The number of aromatic nitrogens is 2. The molecule has 23 heavy (non-hydrogen) atoms. The molecule has 6 nitrogen and oxygen atoms in total. The van der Waals surface area contributed by atoms with Crippen molar-refractivity contribution in [2.45, 2.75) is 12.8 Å². The molecule has 2 N–H and O–H groups in total. The van der Waals surface area contributed by atoms with E-state index in [4.69, 9.17) is 4.74 Å². The number of ether oxygens (including phenoxy) is 1. The Kier molecular flexibility index (Phi) is 6.43. The molecule has 0 unspecified atom stereocenters. The van der Waals surface area contributed by atoms with Crippen LogP contribution in [0.15, 0.2) is 36.4 Å². The van der Waals surface area contributed by atoms with Gasteiger partial charge in [0.05, 0.1) is 6.42 Å². The summed E-state index contributed by atoms with van der Waals surface area (Å²) in [5.74, 6) is 0.456. The number of hydrogen-bond acceptors (Lipinski definition) is 5. The number of benzene rings is 1. The van der Waals surface area contributed by atoms with Gasteiger partial charge in [-0.2, -0.15) is 0 Å². The van der Waals surface area contributed by atoms with E-state index in [2.05, 4.69) is 20.8 Å². The van der Waals surface area contributed by atoms with Gasteiger partial charge < -0.3 is 15.4 Å². The predicted molar refractivity (Wildman–Crippen MR) is 85.7 cm³/mol. The first-order chi connectivity index (χ1) is 11.2. The maximum Gasteiger partial charge on any atom is 0.229 e. The van der Waals surface area contributed by atoms with E-state index in [-0.39, 0.29) is 18.1 Å². The van der Waals surface area contributed by atoms with Gasteiger partial charge in [0.25, 0.3) is 0 Å². The van der Waals surface area contributed by atoms with E-state index in [9.17, 15) is 9.18 Å². The average Bonchev–Trinajstić information content (AvgIpc) is 2.55. The standard InChI is InChI=1S/C16H19FN4O2/c1-23-10-2-9-18-14-7-8-15(21-20-14)19-16(22)11-12-3-5-13(17)6-4-12/h3-8H,2,9-11H2,1H3,(H,18,20)(H,19,21,22). The highest BCUT2D eigenvalue weighted by Gasteiger charge is 2.06. The highest BCUT2D eigenvalue weighted by molar-refractivity contribution is 5.91. The van der Waals surface area contributed by atoms with Gasteiger partial charge in [0, 0.05) is 20.3 Å². The van der Waals surface area contributed by atoms with Gasteiger partial charge in [-0.15, -0.1) is 10.2 Å². The Morgan fingerprint density at radius 2 is 1.83 bits per heavy atom. The van der Waals surface area contributed by atoms with Crippen LogP contribution < -0.4 is 10.6 Å². The van der Waals surface area contributed by atoms with Crippen molar-refractivity contribution >= 4 is 17.5 Å². The first-order valence-corrected chi connectivity index (χ1v) is 7.28. The Hall–Kier alpha value is -2.54. The minimum absolute atomic E-state index is 0.152. The fraction of sp³-hybridized carbons (Fsp3) is 0.312. The second-order valence-electron chi connectivity index (χ2n) is 4.93. The summed E-state index contributed by atoms with van der Waals surface area (Å²) in [6.45, 7) is 1.41. The van der Waals surface area contributed by atoms with Gasteiger partial charge in [0.2, 0.25) is 5.91 Å². The number of rotatable bonds is 8. The number of halogens is 1. The van der Waals surface area contributed by atoms with Gasteiger partial charge in [0.1, 0.15) is 11.6 Å². The molecular formula is C16H19FN4O2. The van der Waals surface area contributed by atoms with Crippen molar-refractivity contribution in [1.29, 1.82) is 0 Å². The van der Waals surface area contributed by atoms with Gasteiger partial charge in [-0.1, -0.05) is 12.1 Å². The van der Waals surface area contributed by atoms with Gasteiger partial charge in [-0.3, -0.25) is 4.79 Å². The molecule has 0 radical (unpaired) electrons. The van der Waals surface area contributed by atoms with Crippen LogP contribution in [-0.2, 0) is 16.0 Å². The molecular weight excluding hydrogens is 299 g/mol. The van der Waals surface area contributed by atoms with Gasteiger partial charge in [-0.05, 0) is 36.2 Å². The molecule has 0 aliphatic rings. The van der Waals surface area contributed by atoms with Crippen molar-refractivity contribution in [3.8, 4) is 0 Å². The van der Waals surface area contributed by atoms with Crippen molar-refractivity contribution in [2.24, 2.45) is 0 Å². The fourth-order valence-electron chi connectivity index (χ4n) is 1.90. The van der Waals surface area contributed by atoms with E-state index in [1.807, 2.05) is 0 Å². The minimum Gasteiger partial charge on any atom is -0.385 e. The van der Waals surface area contributed by atoms with E-state index < -0.39 is 0 Å². The van der Waals surface area contributed by atoms with Crippen molar-refractivity contribution in [2.75, 3.05) is 30.9 Å². The summed E-state index contributed by atoms with van der Waals surface area (Å²) < 4.78 is 17.8. The molecule has 1 aromatic carbocycles. The van der Waals surface area contributed by atoms with Crippen LogP contribution in [0.4, 0.5) is 16.0 Å². The summed E-state index contributed by atoms with van der Waals surface area (Å²) in [6.07, 6.45) is 1.02. The molecule has 1 heterocycles. The topological polar surface area (TPSA) is 76.1 Å². The number of amides is 1. The molecule has 1 amide bonds. The third-order valence-corrected chi connectivity index (χ3v) is 3.04. The lowest BCUT2D eigenvalue weighted by Crippen LogP contribution is -2.16. The van der Waals surface area contributed by atoms with Crippen LogP contribution in [0.2, 0.25) is 0 Å². The summed E-state index contributed by atoms with van der Waals surface area (Å²) in [5.41, 5.74) is 0.730. The molecule has 7 heteroatoms. The molecule has 0 fully saturated rings. The van der Waals surface area contributed by atoms with Crippen LogP contribution in [0.1, 0.15) is 12.0 Å². The summed E-state index contributed by atoms with van der Waals surface area (Å²) in [5, 5.41) is 13.7. The number of methoxy groups -OCH3 is 1. The Balaban J connectivity index is 1.80. The molecule has 0 bridgehead atoms. The van der Waals surface area contributed by atoms with Gasteiger partial charge in [-0.25, -0.2) is 4.39 Å². The van der Waals surface area contributed by atoms with Gasteiger partial charge in [0.15, 0.2) is 5.82 Å². The van der Waals surface area contributed by atoms with Crippen LogP contribution in [0.25, 0.3) is 0 Å². The summed E-state index contributed by atoms with van der Waals surface area (Å²) in [6, 6.07) is 9.22. The summed E-state index contributed by atoms with van der Waals surface area (Å²) in [4.78, 5) is 11.9. The third kappa shape index (κ3) is 5.99. The van der Waals surface area contributed by atoms with E-state index in [1.54, 1.807) is 31.4 Å². The number of nitrogens with zero attached hydrogens (tertiary/aromatic N) is 2. The number of carbonyl (C=O) groups is 1. The summed E-state index contributed by atoms with van der Waals surface area (Å²) >= 11 is 0. The molecule has 0 atom stereocenters. The molecule has 0 spiro atoms. The molecule has 2 rings (SSSR count). The predicted octanol–water partition coefficient (Wildman–Crippen LogP) is 2.25. The first kappa shape index (κ1) is 16.8. The lowest BCUT2D eigenvalue weighted by atomic mass is 10.1.